The van der Waals surface area contributed by atoms with Gasteiger partial charge < -0.3 is 9.26 Å². The van der Waals surface area contributed by atoms with Crippen molar-refractivity contribution < 1.29 is 14.1 Å². The van der Waals surface area contributed by atoms with Gasteiger partial charge in [0.25, 0.3) is 0 Å². The van der Waals surface area contributed by atoms with Crippen molar-refractivity contribution in [2.45, 2.75) is 24.7 Å². The number of nitrogens with zero attached hydrogens (tertiary/aromatic N) is 2. The Morgan fingerprint density at radius 1 is 1.37 bits per heavy atom. The van der Waals surface area contributed by atoms with E-state index < -0.39 is 5.41 Å². The average molecular weight is 258 g/mol. The van der Waals surface area contributed by atoms with E-state index in [-0.39, 0.29) is 5.97 Å². The minimum Gasteiger partial charge on any atom is -0.468 e. The predicted octanol–water partition coefficient (Wildman–Crippen LogP) is 1.86. The largest absolute Gasteiger partial charge is 0.468 e. The zero-order valence-corrected chi connectivity index (χ0v) is 10.6. The number of carbonyl (C=O) groups excluding carboxylic acids is 1. The molecule has 1 fully saturated rings. The number of hydrogen-bond donors (Lipinski definition) is 0. The topological polar surface area (TPSA) is 65.2 Å². The van der Waals surface area contributed by atoms with Crippen LogP contribution in [0.4, 0.5) is 0 Å². The molecule has 0 radical (unpaired) electrons. The molecular weight excluding hydrogens is 244 g/mol. The fourth-order valence-electron chi connectivity index (χ4n) is 2.12. The first kappa shape index (κ1) is 11.9. The van der Waals surface area contributed by atoms with Crippen LogP contribution in [-0.4, -0.2) is 23.2 Å². The second kappa shape index (κ2) is 4.50. The zero-order valence-electron chi connectivity index (χ0n) is 10.6. The third-order valence-electron chi connectivity index (χ3n) is 3.41. The molecule has 0 spiro atoms. The van der Waals surface area contributed by atoms with E-state index in [0.29, 0.717) is 31.0 Å². The summed E-state index contributed by atoms with van der Waals surface area (Å²) in [6.07, 6.45) is 2.03. The quantitative estimate of drug-likeness (QED) is 0.783. The lowest BCUT2D eigenvalue weighted by Gasteiger charge is -2.05. The molecule has 1 aliphatic rings. The molecule has 0 N–H and O–H groups in total. The Morgan fingerprint density at radius 2 is 2.11 bits per heavy atom. The molecule has 1 aromatic carbocycles. The Bertz CT molecular complexity index is 588. The lowest BCUT2D eigenvalue weighted by Crippen LogP contribution is -2.22. The van der Waals surface area contributed by atoms with E-state index in [2.05, 4.69) is 10.1 Å². The second-order valence-electron chi connectivity index (χ2n) is 4.75. The van der Waals surface area contributed by atoms with Gasteiger partial charge >= 0.3 is 5.97 Å². The van der Waals surface area contributed by atoms with Gasteiger partial charge in [-0.3, -0.25) is 4.79 Å². The molecule has 0 amide bonds. The highest BCUT2D eigenvalue weighted by Crippen LogP contribution is 2.48. The summed E-state index contributed by atoms with van der Waals surface area (Å²) in [5.41, 5.74) is 0.425. The molecule has 1 aliphatic carbocycles. The number of methoxy groups -OCH3 is 1. The van der Waals surface area contributed by atoms with Gasteiger partial charge in [-0.2, -0.15) is 4.98 Å². The molecule has 5 heteroatoms. The Morgan fingerprint density at radius 3 is 2.74 bits per heavy atom. The van der Waals surface area contributed by atoms with Gasteiger partial charge in [0.05, 0.1) is 7.11 Å². The molecule has 3 rings (SSSR count). The highest BCUT2D eigenvalue weighted by Gasteiger charge is 2.57. The van der Waals surface area contributed by atoms with Crippen molar-refractivity contribution in [1.82, 2.24) is 10.1 Å². The Kier molecular flexibility index (Phi) is 2.81. The van der Waals surface area contributed by atoms with Gasteiger partial charge in [-0.15, -0.1) is 0 Å². The Labute approximate surface area is 110 Å². The van der Waals surface area contributed by atoms with Crippen LogP contribution in [0.3, 0.4) is 0 Å². The van der Waals surface area contributed by atoms with Gasteiger partial charge in [0.2, 0.25) is 5.89 Å². The smallest absolute Gasteiger partial charge is 0.321 e. The number of benzene rings is 1. The molecule has 5 nitrogen and oxygen atoms in total. The Balaban J connectivity index is 1.79. The lowest BCUT2D eigenvalue weighted by molar-refractivity contribution is -0.144. The van der Waals surface area contributed by atoms with Gasteiger partial charge in [0, 0.05) is 6.42 Å². The maximum atomic E-state index is 11.7. The number of esters is 1. The standard InChI is InChI=1S/C14H14N2O3/c1-18-13(17)14(7-8-14)12-15-11(16-19-12)9-10-5-3-2-4-6-10/h2-6H,7-9H2,1H3. The predicted molar refractivity (Wildman–Crippen MR) is 66.5 cm³/mol. The van der Waals surface area contributed by atoms with Crippen molar-refractivity contribution in [2.75, 3.05) is 7.11 Å². The van der Waals surface area contributed by atoms with Gasteiger partial charge in [-0.1, -0.05) is 35.5 Å². The Hall–Kier alpha value is -2.17. The van der Waals surface area contributed by atoms with Crippen LogP contribution in [0, 0.1) is 0 Å². The van der Waals surface area contributed by atoms with Crippen LogP contribution in [0.25, 0.3) is 0 Å². The van der Waals surface area contributed by atoms with E-state index >= 15 is 0 Å². The summed E-state index contributed by atoms with van der Waals surface area (Å²) in [5.74, 6) is 0.684. The molecule has 0 saturated heterocycles. The normalized spacial score (nSPS) is 16.1. The molecule has 0 aliphatic heterocycles. The highest BCUT2D eigenvalue weighted by atomic mass is 16.5. The fourth-order valence-corrected chi connectivity index (χ4v) is 2.12. The van der Waals surface area contributed by atoms with Crippen LogP contribution in [0.2, 0.25) is 0 Å². The van der Waals surface area contributed by atoms with E-state index in [1.165, 1.54) is 7.11 Å². The van der Waals surface area contributed by atoms with E-state index in [1.54, 1.807) is 0 Å². The summed E-state index contributed by atoms with van der Waals surface area (Å²) in [5, 5.41) is 3.94. The number of ether oxygens (including phenoxy) is 1. The second-order valence-corrected chi connectivity index (χ2v) is 4.75. The average Bonchev–Trinajstić information content (AvgIpc) is 3.14. The minimum absolute atomic E-state index is 0.289. The van der Waals surface area contributed by atoms with E-state index in [4.69, 9.17) is 9.26 Å². The molecule has 0 unspecified atom stereocenters. The first-order valence-corrected chi connectivity index (χ1v) is 6.20. The number of rotatable bonds is 4. The van der Waals surface area contributed by atoms with Crippen molar-refractivity contribution >= 4 is 5.97 Å². The zero-order chi connectivity index (χ0) is 13.3. The van der Waals surface area contributed by atoms with E-state index in [1.807, 2.05) is 30.3 Å². The van der Waals surface area contributed by atoms with Crippen molar-refractivity contribution in [3.63, 3.8) is 0 Å². The van der Waals surface area contributed by atoms with Crippen LogP contribution >= 0.6 is 0 Å². The molecule has 98 valence electrons. The SMILES string of the molecule is COC(=O)C1(c2nc(Cc3ccccc3)no2)CC1. The number of hydrogen-bond acceptors (Lipinski definition) is 5. The maximum absolute atomic E-state index is 11.7. The number of aromatic nitrogens is 2. The first-order valence-electron chi connectivity index (χ1n) is 6.20. The minimum atomic E-state index is -0.684. The van der Waals surface area contributed by atoms with Crippen LogP contribution in [-0.2, 0) is 21.4 Å². The van der Waals surface area contributed by atoms with Gasteiger partial charge in [0.15, 0.2) is 5.82 Å². The third-order valence-corrected chi connectivity index (χ3v) is 3.41. The summed E-state index contributed by atoms with van der Waals surface area (Å²) in [7, 11) is 1.38. The van der Waals surface area contributed by atoms with Crippen LogP contribution in [0.15, 0.2) is 34.9 Å². The van der Waals surface area contributed by atoms with Gasteiger partial charge in [-0.05, 0) is 18.4 Å². The van der Waals surface area contributed by atoms with Crippen molar-refractivity contribution in [3.8, 4) is 0 Å². The van der Waals surface area contributed by atoms with Crippen molar-refractivity contribution in [2.24, 2.45) is 0 Å². The summed E-state index contributed by atoms with van der Waals surface area (Å²) < 4.78 is 10.0. The van der Waals surface area contributed by atoms with Crippen LogP contribution in [0.1, 0.15) is 30.1 Å². The molecule has 1 saturated carbocycles. The first-order chi connectivity index (χ1) is 9.24. The molecule has 1 heterocycles. The third kappa shape index (κ3) is 2.12. The van der Waals surface area contributed by atoms with E-state index in [9.17, 15) is 4.79 Å². The molecule has 2 aromatic rings. The van der Waals surface area contributed by atoms with Gasteiger partial charge in [-0.25, -0.2) is 0 Å². The summed E-state index contributed by atoms with van der Waals surface area (Å²) in [6.45, 7) is 0. The number of carbonyl (C=O) groups is 1. The monoisotopic (exact) mass is 258 g/mol. The van der Waals surface area contributed by atoms with E-state index in [0.717, 1.165) is 5.56 Å². The molecule has 1 aromatic heterocycles. The van der Waals surface area contributed by atoms with Crippen LogP contribution in [0.5, 0.6) is 0 Å². The summed E-state index contributed by atoms with van der Waals surface area (Å²) in [4.78, 5) is 16.0. The summed E-state index contributed by atoms with van der Waals surface area (Å²) >= 11 is 0. The summed E-state index contributed by atoms with van der Waals surface area (Å²) in [6, 6.07) is 9.90. The molecule has 19 heavy (non-hydrogen) atoms. The molecule has 0 bridgehead atoms. The highest BCUT2D eigenvalue weighted by molar-refractivity contribution is 5.85. The van der Waals surface area contributed by atoms with Crippen LogP contribution < -0.4 is 0 Å². The van der Waals surface area contributed by atoms with Gasteiger partial charge in [0.1, 0.15) is 5.41 Å². The molecular formula is C14H14N2O3. The fraction of sp³-hybridized carbons (Fsp3) is 0.357. The molecule has 0 atom stereocenters. The maximum Gasteiger partial charge on any atom is 0.321 e. The van der Waals surface area contributed by atoms with Crippen molar-refractivity contribution in [1.29, 1.82) is 0 Å². The van der Waals surface area contributed by atoms with Crippen molar-refractivity contribution in [3.05, 3.63) is 47.6 Å². The lowest BCUT2D eigenvalue weighted by atomic mass is 10.1.